The van der Waals surface area contributed by atoms with E-state index in [0.29, 0.717) is 34.1 Å². The molecule has 3 aromatic carbocycles. The van der Waals surface area contributed by atoms with Gasteiger partial charge >= 0.3 is 0 Å². The van der Waals surface area contributed by atoms with Gasteiger partial charge in [0.25, 0.3) is 5.56 Å². The number of rotatable bonds is 7. The predicted octanol–water partition coefficient (Wildman–Crippen LogP) is 5.80. The average molecular weight is 435 g/mol. The first-order valence-electron chi connectivity index (χ1n) is 9.71. The second-order valence-corrected chi connectivity index (χ2v) is 8.41. The van der Waals surface area contributed by atoms with Gasteiger partial charge in [-0.2, -0.15) is 0 Å². The summed E-state index contributed by atoms with van der Waals surface area (Å²) in [7, 11) is 0. The van der Waals surface area contributed by atoms with Crippen LogP contribution in [0.5, 0.6) is 5.75 Å². The van der Waals surface area contributed by atoms with E-state index in [4.69, 9.17) is 9.72 Å². The lowest BCUT2D eigenvalue weighted by molar-refractivity contribution is 0.338. The van der Waals surface area contributed by atoms with Gasteiger partial charge in [0.15, 0.2) is 5.16 Å². The Morgan fingerprint density at radius 1 is 0.967 bits per heavy atom. The van der Waals surface area contributed by atoms with E-state index in [1.807, 2.05) is 55.5 Å². The average Bonchev–Trinajstić information content (AvgIpc) is 2.79. The van der Waals surface area contributed by atoms with Crippen molar-refractivity contribution in [2.24, 2.45) is 0 Å². The van der Waals surface area contributed by atoms with E-state index in [2.05, 4.69) is 30.5 Å². The van der Waals surface area contributed by atoms with Gasteiger partial charge < -0.3 is 4.74 Å². The third kappa shape index (κ3) is 4.25. The van der Waals surface area contributed by atoms with Gasteiger partial charge in [0, 0.05) is 10.6 Å². The topological polar surface area (TPSA) is 44.1 Å². The molecule has 0 aliphatic heterocycles. The van der Waals surface area contributed by atoms with Crippen LogP contribution in [0.4, 0.5) is 0 Å². The third-order valence-electron chi connectivity index (χ3n) is 4.68. The Labute approximate surface area is 184 Å². The summed E-state index contributed by atoms with van der Waals surface area (Å²) < 4.78 is 7.48. The Hall–Kier alpha value is -2.70. The zero-order valence-electron chi connectivity index (χ0n) is 16.9. The van der Waals surface area contributed by atoms with Crippen molar-refractivity contribution in [2.45, 2.75) is 22.7 Å². The molecule has 1 aromatic heterocycles. The van der Waals surface area contributed by atoms with Crippen molar-refractivity contribution in [3.05, 3.63) is 88.7 Å². The number of hydrogen-bond acceptors (Lipinski definition) is 5. The van der Waals surface area contributed by atoms with Gasteiger partial charge in [-0.05, 0) is 55.1 Å². The Morgan fingerprint density at radius 2 is 1.70 bits per heavy atom. The van der Waals surface area contributed by atoms with Crippen LogP contribution in [-0.4, -0.2) is 22.4 Å². The number of nitrogens with zero attached hydrogens (tertiary/aromatic N) is 2. The maximum atomic E-state index is 13.5. The van der Waals surface area contributed by atoms with E-state index in [1.54, 1.807) is 28.1 Å². The molecule has 0 aliphatic carbocycles. The van der Waals surface area contributed by atoms with Crippen LogP contribution >= 0.6 is 23.5 Å². The molecular weight excluding hydrogens is 412 g/mol. The maximum absolute atomic E-state index is 13.5. The minimum Gasteiger partial charge on any atom is -0.492 e. The van der Waals surface area contributed by atoms with Crippen LogP contribution in [0.25, 0.3) is 16.6 Å². The first kappa shape index (κ1) is 20.6. The molecule has 0 atom stereocenters. The van der Waals surface area contributed by atoms with Crippen molar-refractivity contribution >= 4 is 34.4 Å². The molecule has 152 valence electrons. The molecule has 0 saturated heterocycles. The summed E-state index contributed by atoms with van der Waals surface area (Å²) in [4.78, 5) is 19.5. The number of thioether (sulfide) groups is 2. The van der Waals surface area contributed by atoms with Crippen LogP contribution in [0.1, 0.15) is 12.5 Å². The SMILES string of the molecule is CCOc1ccccc1-n1c(SCc2ccc(SC)cc2)nc2ccccc2c1=O. The Bertz CT molecular complexity index is 1220. The van der Waals surface area contributed by atoms with Crippen molar-refractivity contribution < 1.29 is 4.74 Å². The van der Waals surface area contributed by atoms with Crippen molar-refractivity contribution in [1.82, 2.24) is 9.55 Å². The van der Waals surface area contributed by atoms with Crippen LogP contribution in [0.15, 0.2) is 87.6 Å². The van der Waals surface area contributed by atoms with Gasteiger partial charge in [-0.15, -0.1) is 11.8 Å². The van der Waals surface area contributed by atoms with Crippen LogP contribution < -0.4 is 10.3 Å². The lowest BCUT2D eigenvalue weighted by atomic mass is 10.2. The third-order valence-corrected chi connectivity index (χ3v) is 6.43. The summed E-state index contributed by atoms with van der Waals surface area (Å²) in [6.07, 6.45) is 2.07. The zero-order chi connectivity index (χ0) is 20.9. The monoisotopic (exact) mass is 434 g/mol. The number of ether oxygens (including phenoxy) is 1. The molecule has 0 radical (unpaired) electrons. The highest BCUT2D eigenvalue weighted by molar-refractivity contribution is 7.98. The van der Waals surface area contributed by atoms with Crippen LogP contribution in [-0.2, 0) is 5.75 Å². The molecule has 4 nitrogen and oxygen atoms in total. The molecule has 0 saturated carbocycles. The summed E-state index contributed by atoms with van der Waals surface area (Å²) >= 11 is 3.28. The molecule has 1 heterocycles. The smallest absolute Gasteiger partial charge is 0.266 e. The Balaban J connectivity index is 1.81. The van der Waals surface area contributed by atoms with Crippen molar-refractivity contribution in [1.29, 1.82) is 0 Å². The van der Waals surface area contributed by atoms with Crippen molar-refractivity contribution in [3.8, 4) is 11.4 Å². The Kier molecular flexibility index (Phi) is 6.45. The number of benzene rings is 3. The number of para-hydroxylation sites is 3. The predicted molar refractivity (Wildman–Crippen MR) is 126 cm³/mol. The Morgan fingerprint density at radius 3 is 2.47 bits per heavy atom. The normalized spacial score (nSPS) is 11.0. The van der Waals surface area contributed by atoms with E-state index in [-0.39, 0.29) is 5.56 Å². The first-order chi connectivity index (χ1) is 14.7. The fraction of sp³-hybridized carbons (Fsp3) is 0.167. The quantitative estimate of drug-likeness (QED) is 0.272. The number of aromatic nitrogens is 2. The molecule has 30 heavy (non-hydrogen) atoms. The van der Waals surface area contributed by atoms with Crippen molar-refractivity contribution in [3.63, 3.8) is 0 Å². The minimum absolute atomic E-state index is 0.0898. The van der Waals surface area contributed by atoms with Gasteiger partial charge in [0.05, 0.1) is 23.2 Å². The molecule has 0 aliphatic rings. The molecule has 0 spiro atoms. The van der Waals surface area contributed by atoms with E-state index < -0.39 is 0 Å². The second kappa shape index (κ2) is 9.41. The zero-order valence-corrected chi connectivity index (χ0v) is 18.5. The molecular formula is C24H22N2O2S2. The second-order valence-electron chi connectivity index (χ2n) is 6.59. The lowest BCUT2D eigenvalue weighted by Crippen LogP contribution is -2.22. The van der Waals surface area contributed by atoms with E-state index >= 15 is 0 Å². The highest BCUT2D eigenvalue weighted by atomic mass is 32.2. The fourth-order valence-corrected chi connectivity index (χ4v) is 4.58. The van der Waals surface area contributed by atoms with Crippen LogP contribution in [0.3, 0.4) is 0 Å². The largest absolute Gasteiger partial charge is 0.492 e. The summed E-state index contributed by atoms with van der Waals surface area (Å²) in [5.41, 5.74) is 2.51. The van der Waals surface area contributed by atoms with Crippen LogP contribution in [0, 0.1) is 0 Å². The fourth-order valence-electron chi connectivity index (χ4n) is 3.21. The summed E-state index contributed by atoms with van der Waals surface area (Å²) in [5, 5.41) is 1.25. The van der Waals surface area contributed by atoms with E-state index in [0.717, 1.165) is 5.75 Å². The van der Waals surface area contributed by atoms with Gasteiger partial charge in [0.1, 0.15) is 5.75 Å². The maximum Gasteiger partial charge on any atom is 0.266 e. The van der Waals surface area contributed by atoms with Crippen molar-refractivity contribution in [2.75, 3.05) is 12.9 Å². The van der Waals surface area contributed by atoms with E-state index in [1.165, 1.54) is 10.5 Å². The van der Waals surface area contributed by atoms with Gasteiger partial charge in [-0.1, -0.05) is 48.2 Å². The summed E-state index contributed by atoms with van der Waals surface area (Å²) in [5.74, 6) is 1.39. The number of hydrogen-bond donors (Lipinski definition) is 0. The molecule has 0 unspecified atom stereocenters. The number of fused-ring (bicyclic) bond motifs is 1. The highest BCUT2D eigenvalue weighted by Crippen LogP contribution is 2.29. The molecule has 4 rings (SSSR count). The minimum atomic E-state index is -0.0898. The van der Waals surface area contributed by atoms with Gasteiger partial charge in [0.2, 0.25) is 0 Å². The molecule has 6 heteroatoms. The molecule has 0 fully saturated rings. The molecule has 4 aromatic rings. The molecule has 0 amide bonds. The molecule has 0 N–H and O–H groups in total. The van der Waals surface area contributed by atoms with Crippen LogP contribution in [0.2, 0.25) is 0 Å². The van der Waals surface area contributed by atoms with E-state index in [9.17, 15) is 4.79 Å². The van der Waals surface area contributed by atoms with Gasteiger partial charge in [-0.25, -0.2) is 4.98 Å². The summed E-state index contributed by atoms with van der Waals surface area (Å²) in [6.45, 7) is 2.46. The standard InChI is InChI=1S/C24H22N2O2S2/c1-3-28-22-11-7-6-10-21(22)26-23(27)19-8-4-5-9-20(19)25-24(26)30-16-17-12-14-18(29-2)15-13-17/h4-15H,3,16H2,1-2H3. The molecule has 0 bridgehead atoms. The summed E-state index contributed by atoms with van der Waals surface area (Å²) in [6, 6.07) is 23.6. The first-order valence-corrected chi connectivity index (χ1v) is 11.9. The van der Waals surface area contributed by atoms with Gasteiger partial charge in [-0.3, -0.25) is 9.36 Å². The lowest BCUT2D eigenvalue weighted by Gasteiger charge is -2.16. The highest BCUT2D eigenvalue weighted by Gasteiger charge is 2.16.